The van der Waals surface area contributed by atoms with Crippen LogP contribution in [0.4, 0.5) is 5.00 Å². The highest BCUT2D eigenvalue weighted by molar-refractivity contribution is 7.14. The third-order valence-electron chi connectivity index (χ3n) is 4.12. The van der Waals surface area contributed by atoms with E-state index in [2.05, 4.69) is 39.6 Å². The molecular formula is C18H26N4OS. The summed E-state index contributed by atoms with van der Waals surface area (Å²) in [7, 11) is 0. The standard InChI is InChI=1S/C18H26N4OS/c1-2-8-19-18(20-9-7-16-5-3-14-23-16)22-12-10-21(11-13-22)17-6-4-15-24-17/h3-6,14-15H,2,7-13H2,1H3,(H,19,20). The monoisotopic (exact) mass is 346 g/mol. The van der Waals surface area contributed by atoms with Crippen molar-refractivity contribution in [3.63, 3.8) is 0 Å². The third kappa shape index (κ3) is 4.54. The number of nitrogens with zero attached hydrogens (tertiary/aromatic N) is 3. The van der Waals surface area contributed by atoms with Crippen LogP contribution in [0.15, 0.2) is 45.3 Å². The number of piperazine rings is 1. The van der Waals surface area contributed by atoms with Crippen molar-refractivity contribution in [3.8, 4) is 0 Å². The molecule has 1 saturated heterocycles. The van der Waals surface area contributed by atoms with Gasteiger partial charge in [-0.05, 0) is 36.1 Å². The van der Waals surface area contributed by atoms with Gasteiger partial charge in [-0.15, -0.1) is 11.3 Å². The quantitative estimate of drug-likeness (QED) is 0.645. The molecule has 0 amide bonds. The van der Waals surface area contributed by atoms with Crippen LogP contribution in [0.3, 0.4) is 0 Å². The number of nitrogens with one attached hydrogen (secondary N) is 1. The van der Waals surface area contributed by atoms with Crippen LogP contribution in [0.5, 0.6) is 0 Å². The van der Waals surface area contributed by atoms with E-state index in [-0.39, 0.29) is 0 Å². The molecule has 24 heavy (non-hydrogen) atoms. The average Bonchev–Trinajstić information content (AvgIpc) is 3.32. The summed E-state index contributed by atoms with van der Waals surface area (Å²) >= 11 is 1.82. The molecule has 5 nitrogen and oxygen atoms in total. The van der Waals surface area contributed by atoms with Crippen molar-refractivity contribution >= 4 is 22.3 Å². The summed E-state index contributed by atoms with van der Waals surface area (Å²) in [6, 6.07) is 8.28. The summed E-state index contributed by atoms with van der Waals surface area (Å²) in [5, 5.41) is 7.03. The Morgan fingerprint density at radius 3 is 2.79 bits per heavy atom. The Bertz CT molecular complexity index is 601. The summed E-state index contributed by atoms with van der Waals surface area (Å²) in [5.74, 6) is 2.05. The van der Waals surface area contributed by atoms with Crippen molar-refractivity contribution in [1.82, 2.24) is 10.2 Å². The Kier molecular flexibility index (Phi) is 6.18. The maximum atomic E-state index is 5.40. The van der Waals surface area contributed by atoms with Gasteiger partial charge in [0.1, 0.15) is 5.76 Å². The lowest BCUT2D eigenvalue weighted by Crippen LogP contribution is -2.52. The molecule has 0 atom stereocenters. The minimum Gasteiger partial charge on any atom is -0.469 e. The van der Waals surface area contributed by atoms with E-state index >= 15 is 0 Å². The first-order chi connectivity index (χ1) is 11.9. The Morgan fingerprint density at radius 2 is 2.12 bits per heavy atom. The highest BCUT2D eigenvalue weighted by Crippen LogP contribution is 2.22. The van der Waals surface area contributed by atoms with Gasteiger partial charge in [0.05, 0.1) is 11.3 Å². The van der Waals surface area contributed by atoms with Crippen molar-refractivity contribution < 1.29 is 4.42 Å². The van der Waals surface area contributed by atoms with E-state index in [4.69, 9.17) is 9.41 Å². The molecule has 2 aromatic heterocycles. The summed E-state index contributed by atoms with van der Waals surface area (Å²) in [5.41, 5.74) is 0. The van der Waals surface area contributed by atoms with Gasteiger partial charge >= 0.3 is 0 Å². The molecule has 0 aliphatic carbocycles. The summed E-state index contributed by atoms with van der Waals surface area (Å²) in [6.45, 7) is 7.99. The Labute approximate surface area is 148 Å². The van der Waals surface area contributed by atoms with E-state index in [0.29, 0.717) is 0 Å². The molecule has 0 spiro atoms. The van der Waals surface area contributed by atoms with Crippen molar-refractivity contribution in [2.45, 2.75) is 19.8 Å². The second-order valence-electron chi connectivity index (χ2n) is 5.89. The van der Waals surface area contributed by atoms with Crippen LogP contribution < -0.4 is 10.2 Å². The molecule has 0 saturated carbocycles. The molecule has 0 bridgehead atoms. The molecule has 2 aromatic rings. The average molecular weight is 347 g/mol. The van der Waals surface area contributed by atoms with Gasteiger partial charge in [-0.25, -0.2) is 0 Å². The molecule has 3 rings (SSSR count). The van der Waals surface area contributed by atoms with Crippen LogP contribution in [0.1, 0.15) is 19.1 Å². The van der Waals surface area contributed by atoms with Crippen molar-refractivity contribution in [1.29, 1.82) is 0 Å². The Balaban J connectivity index is 1.52. The normalized spacial score (nSPS) is 15.8. The third-order valence-corrected chi connectivity index (χ3v) is 5.05. The van der Waals surface area contributed by atoms with E-state index in [1.165, 1.54) is 5.00 Å². The zero-order valence-corrected chi connectivity index (χ0v) is 15.1. The fraction of sp³-hybridized carbons (Fsp3) is 0.500. The molecule has 0 aromatic carbocycles. The number of anilines is 1. The first-order valence-corrected chi connectivity index (χ1v) is 9.59. The lowest BCUT2D eigenvalue weighted by Gasteiger charge is -2.37. The molecule has 1 aliphatic heterocycles. The van der Waals surface area contributed by atoms with Gasteiger partial charge in [-0.3, -0.25) is 4.99 Å². The van der Waals surface area contributed by atoms with Crippen molar-refractivity contribution in [3.05, 3.63) is 41.7 Å². The van der Waals surface area contributed by atoms with Crippen LogP contribution in [-0.4, -0.2) is 50.1 Å². The van der Waals surface area contributed by atoms with Crippen LogP contribution in [0.25, 0.3) is 0 Å². The van der Waals surface area contributed by atoms with Gasteiger partial charge in [-0.1, -0.05) is 6.92 Å². The zero-order valence-electron chi connectivity index (χ0n) is 14.3. The van der Waals surface area contributed by atoms with E-state index in [9.17, 15) is 0 Å². The highest BCUT2D eigenvalue weighted by atomic mass is 32.1. The van der Waals surface area contributed by atoms with Gasteiger partial charge in [0, 0.05) is 45.7 Å². The number of hydrogen-bond acceptors (Lipinski definition) is 4. The molecular weight excluding hydrogens is 320 g/mol. The van der Waals surface area contributed by atoms with E-state index in [1.54, 1.807) is 6.26 Å². The smallest absolute Gasteiger partial charge is 0.194 e. The van der Waals surface area contributed by atoms with Gasteiger partial charge in [0.15, 0.2) is 5.96 Å². The second kappa shape index (κ2) is 8.78. The molecule has 3 heterocycles. The fourth-order valence-electron chi connectivity index (χ4n) is 2.83. The van der Waals surface area contributed by atoms with E-state index < -0.39 is 0 Å². The maximum Gasteiger partial charge on any atom is 0.194 e. The summed E-state index contributed by atoms with van der Waals surface area (Å²) < 4.78 is 5.40. The molecule has 1 N–H and O–H groups in total. The number of aliphatic imine (C=N–C) groups is 1. The van der Waals surface area contributed by atoms with Crippen LogP contribution >= 0.6 is 11.3 Å². The lowest BCUT2D eigenvalue weighted by atomic mass is 10.3. The zero-order chi connectivity index (χ0) is 16.6. The molecule has 1 aliphatic rings. The lowest BCUT2D eigenvalue weighted by molar-refractivity contribution is 0.372. The van der Waals surface area contributed by atoms with E-state index in [0.717, 1.165) is 63.8 Å². The number of rotatable bonds is 6. The maximum absolute atomic E-state index is 5.40. The first-order valence-electron chi connectivity index (χ1n) is 8.71. The minimum atomic E-state index is 0.848. The van der Waals surface area contributed by atoms with Gasteiger partial charge < -0.3 is 19.5 Å². The topological polar surface area (TPSA) is 44.0 Å². The molecule has 0 radical (unpaired) electrons. The Morgan fingerprint density at radius 1 is 1.25 bits per heavy atom. The molecule has 130 valence electrons. The number of guanidine groups is 1. The van der Waals surface area contributed by atoms with Crippen molar-refractivity contribution in [2.24, 2.45) is 4.99 Å². The summed E-state index contributed by atoms with van der Waals surface area (Å²) in [6.07, 6.45) is 3.68. The molecule has 1 fully saturated rings. The first kappa shape index (κ1) is 16.9. The minimum absolute atomic E-state index is 0.848. The predicted molar refractivity (Wildman–Crippen MR) is 101 cm³/mol. The number of thiophene rings is 1. The van der Waals surface area contributed by atoms with Crippen LogP contribution in [-0.2, 0) is 6.42 Å². The van der Waals surface area contributed by atoms with Crippen LogP contribution in [0.2, 0.25) is 0 Å². The SMILES string of the molecule is CCCN=C(NCCc1ccco1)N1CCN(c2cccs2)CC1. The second-order valence-corrected chi connectivity index (χ2v) is 6.81. The number of hydrogen-bond donors (Lipinski definition) is 1. The Hall–Kier alpha value is -1.95. The van der Waals surface area contributed by atoms with Gasteiger partial charge in [0.25, 0.3) is 0 Å². The molecule has 6 heteroatoms. The predicted octanol–water partition coefficient (Wildman–Crippen LogP) is 3.06. The van der Waals surface area contributed by atoms with E-state index in [1.807, 2.05) is 23.5 Å². The fourth-order valence-corrected chi connectivity index (χ4v) is 3.61. The number of furan rings is 1. The van der Waals surface area contributed by atoms with Gasteiger partial charge in [0.2, 0.25) is 0 Å². The van der Waals surface area contributed by atoms with Crippen molar-refractivity contribution in [2.75, 3.05) is 44.2 Å². The largest absolute Gasteiger partial charge is 0.469 e. The highest BCUT2D eigenvalue weighted by Gasteiger charge is 2.20. The van der Waals surface area contributed by atoms with Gasteiger partial charge in [-0.2, -0.15) is 0 Å². The summed E-state index contributed by atoms with van der Waals surface area (Å²) in [4.78, 5) is 9.59. The molecule has 0 unspecified atom stereocenters. The van der Waals surface area contributed by atoms with Crippen LogP contribution in [0, 0.1) is 0 Å².